The Hall–Kier alpha value is -1.95. The summed E-state index contributed by atoms with van der Waals surface area (Å²) in [6.45, 7) is 3.83. The van der Waals surface area contributed by atoms with Crippen molar-refractivity contribution in [1.29, 1.82) is 0 Å². The van der Waals surface area contributed by atoms with E-state index in [2.05, 4.69) is 59.6 Å². The number of para-hydroxylation sites is 1. The molecule has 2 aromatic heterocycles. The third-order valence-electron chi connectivity index (χ3n) is 4.17. The van der Waals surface area contributed by atoms with E-state index in [-0.39, 0.29) is 0 Å². The molecule has 0 aliphatic rings. The molecule has 4 nitrogen and oxygen atoms in total. The van der Waals surface area contributed by atoms with E-state index in [9.17, 15) is 0 Å². The molecule has 0 saturated heterocycles. The molecule has 0 amide bonds. The van der Waals surface area contributed by atoms with E-state index >= 15 is 0 Å². The average molecular weight is 356 g/mol. The number of nitrogens with zero attached hydrogens (tertiary/aromatic N) is 3. The summed E-state index contributed by atoms with van der Waals surface area (Å²) in [7, 11) is 5.92. The zero-order valence-electron chi connectivity index (χ0n) is 15.1. The summed E-state index contributed by atoms with van der Waals surface area (Å²) in [4.78, 5) is 10.9. The van der Waals surface area contributed by atoms with Crippen molar-refractivity contribution in [1.82, 2.24) is 14.8 Å². The zero-order chi connectivity index (χ0) is 17.6. The van der Waals surface area contributed by atoms with Crippen LogP contribution in [0.3, 0.4) is 0 Å². The van der Waals surface area contributed by atoms with Crippen LogP contribution < -0.4 is 4.74 Å². The number of rotatable bonds is 8. The maximum atomic E-state index is 5.47. The van der Waals surface area contributed by atoms with E-state index in [0.29, 0.717) is 0 Å². The van der Waals surface area contributed by atoms with Crippen LogP contribution in [0.4, 0.5) is 0 Å². The van der Waals surface area contributed by atoms with Crippen LogP contribution in [0.5, 0.6) is 5.75 Å². The number of methoxy groups -OCH3 is 1. The number of ether oxygens (including phenoxy) is 1. The summed E-state index contributed by atoms with van der Waals surface area (Å²) in [5.41, 5.74) is 2.01. The number of thiophene rings is 1. The van der Waals surface area contributed by atoms with Gasteiger partial charge in [-0.15, -0.1) is 11.3 Å². The van der Waals surface area contributed by atoms with Crippen LogP contribution in [0.25, 0.3) is 10.9 Å². The van der Waals surface area contributed by atoms with Crippen molar-refractivity contribution >= 4 is 22.2 Å². The Bertz CT molecular complexity index is 802. The molecule has 0 N–H and O–H groups in total. The largest absolute Gasteiger partial charge is 0.494 e. The fourth-order valence-corrected chi connectivity index (χ4v) is 3.57. The number of hydrogen-bond donors (Lipinski definition) is 0. The van der Waals surface area contributed by atoms with Gasteiger partial charge in [0.25, 0.3) is 0 Å². The quantitative estimate of drug-likeness (QED) is 0.613. The third-order valence-corrected chi connectivity index (χ3v) is 5.03. The first-order valence-corrected chi connectivity index (χ1v) is 9.36. The molecule has 0 spiro atoms. The molecule has 0 bridgehead atoms. The Labute approximate surface area is 153 Å². The second kappa shape index (κ2) is 8.43. The van der Waals surface area contributed by atoms with Gasteiger partial charge in [0, 0.05) is 36.4 Å². The first-order chi connectivity index (χ1) is 12.2. The van der Waals surface area contributed by atoms with Crippen molar-refractivity contribution in [3.63, 3.8) is 0 Å². The van der Waals surface area contributed by atoms with Crippen LogP contribution in [0.1, 0.15) is 10.6 Å². The lowest BCUT2D eigenvalue weighted by Gasteiger charge is -2.23. The summed E-state index contributed by atoms with van der Waals surface area (Å²) < 4.78 is 5.47. The lowest BCUT2D eigenvalue weighted by molar-refractivity contribution is 0.226. The van der Waals surface area contributed by atoms with Gasteiger partial charge in [-0.3, -0.25) is 4.90 Å². The van der Waals surface area contributed by atoms with Crippen LogP contribution in [0.15, 0.2) is 47.8 Å². The van der Waals surface area contributed by atoms with Crippen LogP contribution in [0, 0.1) is 0 Å². The molecule has 2 heterocycles. The van der Waals surface area contributed by atoms with Crippen LogP contribution in [0.2, 0.25) is 0 Å². The van der Waals surface area contributed by atoms with E-state index in [0.717, 1.165) is 48.5 Å². The molecule has 25 heavy (non-hydrogen) atoms. The Morgan fingerprint density at radius 1 is 1.00 bits per heavy atom. The number of hydrogen-bond acceptors (Lipinski definition) is 5. The average Bonchev–Trinajstić information content (AvgIpc) is 3.12. The highest BCUT2D eigenvalue weighted by molar-refractivity contribution is 7.09. The number of pyridine rings is 1. The van der Waals surface area contributed by atoms with Crippen molar-refractivity contribution in [2.24, 2.45) is 0 Å². The molecule has 0 saturated carbocycles. The number of fused-ring (bicyclic) bond motifs is 1. The van der Waals surface area contributed by atoms with Crippen molar-refractivity contribution in [2.75, 3.05) is 34.3 Å². The van der Waals surface area contributed by atoms with Crippen LogP contribution in [-0.2, 0) is 13.1 Å². The van der Waals surface area contributed by atoms with Gasteiger partial charge >= 0.3 is 0 Å². The van der Waals surface area contributed by atoms with Crippen molar-refractivity contribution in [3.05, 3.63) is 58.4 Å². The number of aromatic nitrogens is 1. The Kier molecular flexibility index (Phi) is 6.02. The summed E-state index contributed by atoms with van der Waals surface area (Å²) in [6.07, 6.45) is 0. The second-order valence-corrected chi connectivity index (χ2v) is 7.46. The van der Waals surface area contributed by atoms with Gasteiger partial charge in [-0.2, -0.15) is 0 Å². The van der Waals surface area contributed by atoms with Crippen LogP contribution in [-0.4, -0.2) is 49.1 Å². The topological polar surface area (TPSA) is 28.6 Å². The predicted octanol–water partition coefficient (Wildman–Crippen LogP) is 3.87. The second-order valence-electron chi connectivity index (χ2n) is 6.43. The van der Waals surface area contributed by atoms with Gasteiger partial charge in [0.05, 0.1) is 12.8 Å². The molecule has 3 aromatic rings. The Balaban J connectivity index is 1.81. The monoisotopic (exact) mass is 355 g/mol. The minimum absolute atomic E-state index is 0.831. The molecule has 5 heteroatoms. The predicted molar refractivity (Wildman–Crippen MR) is 105 cm³/mol. The van der Waals surface area contributed by atoms with Gasteiger partial charge in [-0.1, -0.05) is 24.3 Å². The highest BCUT2D eigenvalue weighted by Crippen LogP contribution is 2.24. The van der Waals surface area contributed by atoms with Crippen molar-refractivity contribution < 1.29 is 4.74 Å². The molecular weight excluding hydrogens is 330 g/mol. The van der Waals surface area contributed by atoms with Gasteiger partial charge in [0.1, 0.15) is 11.3 Å². The number of benzene rings is 1. The minimum Gasteiger partial charge on any atom is -0.494 e. The molecule has 0 aliphatic carbocycles. The molecular formula is C20H25N3OS. The van der Waals surface area contributed by atoms with E-state index in [1.54, 1.807) is 7.11 Å². The molecule has 0 aliphatic heterocycles. The van der Waals surface area contributed by atoms with E-state index in [4.69, 9.17) is 9.72 Å². The fourth-order valence-electron chi connectivity index (χ4n) is 2.82. The molecule has 0 radical (unpaired) electrons. The smallest absolute Gasteiger partial charge is 0.145 e. The molecule has 0 atom stereocenters. The van der Waals surface area contributed by atoms with E-state index < -0.39 is 0 Å². The normalized spacial score (nSPS) is 11.6. The van der Waals surface area contributed by atoms with Crippen LogP contribution >= 0.6 is 11.3 Å². The maximum Gasteiger partial charge on any atom is 0.145 e. The molecule has 0 fully saturated rings. The van der Waals surface area contributed by atoms with Gasteiger partial charge in [-0.05, 0) is 37.7 Å². The summed E-state index contributed by atoms with van der Waals surface area (Å²) in [5, 5.41) is 3.25. The maximum absolute atomic E-state index is 5.47. The highest BCUT2D eigenvalue weighted by atomic mass is 32.1. The van der Waals surface area contributed by atoms with Crippen molar-refractivity contribution in [2.45, 2.75) is 13.1 Å². The first-order valence-electron chi connectivity index (χ1n) is 8.48. The molecule has 3 rings (SSSR count). The molecule has 132 valence electrons. The third kappa shape index (κ3) is 4.78. The number of likely N-dealkylation sites (N-methyl/N-ethyl adjacent to an activating group) is 1. The Morgan fingerprint density at radius 3 is 2.60 bits per heavy atom. The lowest BCUT2D eigenvalue weighted by Crippen LogP contribution is -2.31. The standard InChI is InChI=1S/C20H25N3OS/c1-22(2)11-12-23(15-18-7-5-13-25-18)14-17-10-9-16-6-4-8-19(24-3)20(16)21-17/h4-10,13H,11-12,14-15H2,1-3H3. The first kappa shape index (κ1) is 17.9. The highest BCUT2D eigenvalue weighted by Gasteiger charge is 2.11. The zero-order valence-corrected chi connectivity index (χ0v) is 15.9. The van der Waals surface area contributed by atoms with E-state index in [1.165, 1.54) is 4.88 Å². The fraction of sp³-hybridized carbons (Fsp3) is 0.350. The van der Waals surface area contributed by atoms with Gasteiger partial charge in [0.2, 0.25) is 0 Å². The van der Waals surface area contributed by atoms with Gasteiger partial charge in [0.15, 0.2) is 0 Å². The lowest BCUT2D eigenvalue weighted by atomic mass is 10.2. The summed E-state index contributed by atoms with van der Waals surface area (Å²) >= 11 is 1.81. The van der Waals surface area contributed by atoms with E-state index in [1.807, 2.05) is 23.5 Å². The summed E-state index contributed by atoms with van der Waals surface area (Å²) in [6, 6.07) is 14.6. The summed E-state index contributed by atoms with van der Waals surface area (Å²) in [5.74, 6) is 0.831. The Morgan fingerprint density at radius 2 is 1.88 bits per heavy atom. The van der Waals surface area contributed by atoms with Gasteiger partial charge in [-0.25, -0.2) is 4.98 Å². The SMILES string of the molecule is COc1cccc2ccc(CN(CCN(C)C)Cc3cccs3)nc12. The van der Waals surface area contributed by atoms with Gasteiger partial charge < -0.3 is 9.64 Å². The molecule has 0 unspecified atom stereocenters. The van der Waals surface area contributed by atoms with Crippen molar-refractivity contribution in [3.8, 4) is 5.75 Å². The molecule has 1 aromatic carbocycles. The minimum atomic E-state index is 0.831.